The Morgan fingerprint density at radius 1 is 0.906 bits per heavy atom. The van der Waals surface area contributed by atoms with Gasteiger partial charge in [0, 0.05) is 36.1 Å². The maximum Gasteiger partial charge on any atom is 0.338 e. The van der Waals surface area contributed by atoms with E-state index < -0.39 is 5.97 Å². The van der Waals surface area contributed by atoms with Gasteiger partial charge in [0.25, 0.3) is 0 Å². The van der Waals surface area contributed by atoms with Crippen LogP contribution in [-0.4, -0.2) is 28.8 Å². The molecule has 0 radical (unpaired) electrons. The average Bonchev–Trinajstić information content (AvgIpc) is 3.06. The summed E-state index contributed by atoms with van der Waals surface area (Å²) in [6.45, 7) is 9.47. The molecule has 1 aromatic heterocycles. The van der Waals surface area contributed by atoms with E-state index in [2.05, 4.69) is 31.3 Å². The van der Waals surface area contributed by atoms with Gasteiger partial charge in [0.2, 0.25) is 11.7 Å². The first-order valence-electron chi connectivity index (χ1n) is 10.5. The van der Waals surface area contributed by atoms with Gasteiger partial charge in [-0.1, -0.05) is 18.2 Å². The van der Waals surface area contributed by atoms with Crippen LogP contribution in [0.25, 0.3) is 5.69 Å². The van der Waals surface area contributed by atoms with Gasteiger partial charge in [-0.05, 0) is 74.7 Å². The molecule has 0 saturated heterocycles. The molecule has 1 amide bonds. The van der Waals surface area contributed by atoms with Gasteiger partial charge in [-0.15, -0.1) is 0 Å². The number of aromatic nitrogens is 1. The van der Waals surface area contributed by atoms with Crippen molar-refractivity contribution in [1.82, 2.24) is 9.88 Å². The van der Waals surface area contributed by atoms with Crippen molar-refractivity contribution in [1.29, 1.82) is 0 Å². The van der Waals surface area contributed by atoms with Crippen LogP contribution < -0.4 is 5.32 Å². The zero-order chi connectivity index (χ0) is 23.4. The van der Waals surface area contributed by atoms with E-state index in [-0.39, 0.29) is 18.3 Å². The van der Waals surface area contributed by atoms with Gasteiger partial charge < -0.3 is 14.6 Å². The molecule has 3 aromatic rings. The zero-order valence-electron chi connectivity index (χ0n) is 19.1. The Morgan fingerprint density at radius 3 is 2.22 bits per heavy atom. The predicted molar refractivity (Wildman–Crippen MR) is 123 cm³/mol. The number of carbonyl (C=O) groups is 3. The zero-order valence-corrected chi connectivity index (χ0v) is 19.1. The molecule has 0 aliphatic heterocycles. The van der Waals surface area contributed by atoms with Gasteiger partial charge in [-0.3, -0.25) is 9.59 Å². The van der Waals surface area contributed by atoms with Crippen molar-refractivity contribution in [2.45, 2.75) is 41.2 Å². The Kier molecular flexibility index (Phi) is 6.93. The first-order valence-corrected chi connectivity index (χ1v) is 10.5. The second-order valence-corrected chi connectivity index (χ2v) is 7.99. The van der Waals surface area contributed by atoms with Crippen LogP contribution in [0.4, 0.5) is 0 Å². The van der Waals surface area contributed by atoms with Gasteiger partial charge in [0.05, 0.1) is 5.56 Å². The minimum Gasteiger partial charge on any atom is -0.454 e. The molecule has 0 aliphatic rings. The van der Waals surface area contributed by atoms with Crippen molar-refractivity contribution in [2.24, 2.45) is 0 Å². The molecule has 0 unspecified atom stereocenters. The summed E-state index contributed by atoms with van der Waals surface area (Å²) in [6.07, 6.45) is 0. The minimum absolute atomic E-state index is 0.121. The fourth-order valence-corrected chi connectivity index (χ4v) is 3.58. The Bertz CT molecular complexity index is 1170. The van der Waals surface area contributed by atoms with E-state index in [1.165, 1.54) is 18.1 Å². The third kappa shape index (κ3) is 5.14. The van der Waals surface area contributed by atoms with Crippen LogP contribution in [0.3, 0.4) is 0 Å². The molecule has 0 atom stereocenters. The van der Waals surface area contributed by atoms with E-state index in [0.717, 1.165) is 22.6 Å². The van der Waals surface area contributed by atoms with Crippen LogP contribution >= 0.6 is 0 Å². The van der Waals surface area contributed by atoms with Crippen LogP contribution in [0.1, 0.15) is 55.7 Å². The van der Waals surface area contributed by atoms with Gasteiger partial charge in [-0.25, -0.2) is 4.79 Å². The first-order chi connectivity index (χ1) is 15.2. The van der Waals surface area contributed by atoms with Crippen LogP contribution in [0.15, 0.2) is 48.5 Å². The molecule has 1 heterocycles. The topological polar surface area (TPSA) is 77.4 Å². The van der Waals surface area contributed by atoms with Gasteiger partial charge in [-0.2, -0.15) is 0 Å². The Hall–Kier alpha value is -3.67. The molecule has 0 fully saturated rings. The number of rotatable bonds is 7. The van der Waals surface area contributed by atoms with E-state index in [9.17, 15) is 14.4 Å². The van der Waals surface area contributed by atoms with E-state index in [1.807, 2.05) is 30.5 Å². The van der Waals surface area contributed by atoms with Crippen molar-refractivity contribution in [3.63, 3.8) is 0 Å². The van der Waals surface area contributed by atoms with Gasteiger partial charge in [0.15, 0.2) is 6.61 Å². The SMILES string of the molecule is CC(=O)NCc1ccc(C(=O)OCC(=O)c2cc(C)n(-c3ccc(C)c(C)c3)c2C)cc1. The number of ketones is 1. The third-order valence-corrected chi connectivity index (χ3v) is 5.55. The van der Waals surface area contributed by atoms with E-state index in [1.54, 1.807) is 24.3 Å². The second-order valence-electron chi connectivity index (χ2n) is 7.99. The number of carbonyl (C=O) groups excluding carboxylic acids is 3. The molecule has 2 aromatic carbocycles. The monoisotopic (exact) mass is 432 g/mol. The Morgan fingerprint density at radius 2 is 1.59 bits per heavy atom. The predicted octanol–water partition coefficient (Wildman–Crippen LogP) is 4.39. The highest BCUT2D eigenvalue weighted by molar-refractivity contribution is 6.00. The van der Waals surface area contributed by atoms with Crippen LogP contribution in [-0.2, 0) is 16.1 Å². The lowest BCUT2D eigenvalue weighted by Gasteiger charge is -2.12. The number of nitrogens with zero attached hydrogens (tertiary/aromatic N) is 1. The number of aryl methyl sites for hydroxylation is 3. The maximum atomic E-state index is 12.8. The first kappa shape index (κ1) is 23.0. The Labute approximate surface area is 188 Å². The van der Waals surface area contributed by atoms with Gasteiger partial charge >= 0.3 is 5.97 Å². The largest absolute Gasteiger partial charge is 0.454 e. The number of hydrogen-bond donors (Lipinski definition) is 1. The normalized spacial score (nSPS) is 10.7. The standard InChI is InChI=1S/C26H28N2O4/c1-16-6-11-23(12-17(16)2)28-18(3)13-24(19(28)4)25(30)15-32-26(31)22-9-7-21(8-10-22)14-27-20(5)29/h6-13H,14-15H2,1-5H3,(H,27,29). The smallest absolute Gasteiger partial charge is 0.338 e. The highest BCUT2D eigenvalue weighted by atomic mass is 16.5. The summed E-state index contributed by atoms with van der Waals surface area (Å²) in [7, 11) is 0. The lowest BCUT2D eigenvalue weighted by molar-refractivity contribution is -0.119. The molecule has 0 bridgehead atoms. The van der Waals surface area contributed by atoms with Crippen LogP contribution in [0, 0.1) is 27.7 Å². The van der Waals surface area contributed by atoms with E-state index in [4.69, 9.17) is 4.74 Å². The van der Waals surface area contributed by atoms with Crippen molar-refractivity contribution in [2.75, 3.05) is 6.61 Å². The lowest BCUT2D eigenvalue weighted by Crippen LogP contribution is -2.19. The fraction of sp³-hybridized carbons (Fsp3) is 0.269. The number of benzene rings is 2. The molecule has 0 spiro atoms. The molecule has 0 saturated carbocycles. The molecule has 32 heavy (non-hydrogen) atoms. The quantitative estimate of drug-likeness (QED) is 0.444. The minimum atomic E-state index is -0.563. The molecule has 0 aliphatic carbocycles. The maximum absolute atomic E-state index is 12.8. The third-order valence-electron chi connectivity index (χ3n) is 5.55. The Balaban J connectivity index is 1.68. The van der Waals surface area contributed by atoms with Crippen molar-refractivity contribution < 1.29 is 19.1 Å². The fourth-order valence-electron chi connectivity index (χ4n) is 3.58. The number of ether oxygens (including phenoxy) is 1. The van der Waals surface area contributed by atoms with Crippen molar-refractivity contribution in [3.05, 3.63) is 87.7 Å². The van der Waals surface area contributed by atoms with E-state index in [0.29, 0.717) is 17.7 Å². The number of Topliss-reactive ketones (excluding diaryl/α,β-unsaturated/α-hetero) is 1. The summed E-state index contributed by atoms with van der Waals surface area (Å²) in [6, 6.07) is 14.7. The average molecular weight is 433 g/mol. The second kappa shape index (κ2) is 9.64. The van der Waals surface area contributed by atoms with Crippen LogP contribution in [0.5, 0.6) is 0 Å². The molecule has 1 N–H and O–H groups in total. The summed E-state index contributed by atoms with van der Waals surface area (Å²) in [4.78, 5) is 36.1. The summed E-state index contributed by atoms with van der Waals surface area (Å²) in [5, 5.41) is 2.70. The lowest BCUT2D eigenvalue weighted by atomic mass is 10.1. The van der Waals surface area contributed by atoms with Gasteiger partial charge in [0.1, 0.15) is 0 Å². The summed E-state index contributed by atoms with van der Waals surface area (Å²) < 4.78 is 7.30. The molecule has 3 rings (SSSR count). The molecular formula is C26H28N2O4. The summed E-state index contributed by atoms with van der Waals surface area (Å²) in [5.41, 5.74) is 6.90. The molecule has 166 valence electrons. The summed E-state index contributed by atoms with van der Waals surface area (Å²) in [5.74, 6) is -0.930. The molecule has 6 nitrogen and oxygen atoms in total. The number of amides is 1. The molecule has 6 heteroatoms. The number of hydrogen-bond acceptors (Lipinski definition) is 4. The summed E-state index contributed by atoms with van der Waals surface area (Å²) >= 11 is 0. The number of nitrogens with one attached hydrogen (secondary N) is 1. The van der Waals surface area contributed by atoms with E-state index >= 15 is 0 Å². The molecular weight excluding hydrogens is 404 g/mol. The highest BCUT2D eigenvalue weighted by Crippen LogP contribution is 2.23. The van der Waals surface area contributed by atoms with Crippen LogP contribution in [0.2, 0.25) is 0 Å². The van der Waals surface area contributed by atoms with Crippen molar-refractivity contribution >= 4 is 17.7 Å². The highest BCUT2D eigenvalue weighted by Gasteiger charge is 2.19. The number of esters is 1. The van der Waals surface area contributed by atoms with Crippen molar-refractivity contribution in [3.8, 4) is 5.69 Å².